The normalized spacial score (nSPS) is 11.8. The predicted octanol–water partition coefficient (Wildman–Crippen LogP) is 7.12. The molecule has 0 bridgehead atoms. The Bertz CT molecular complexity index is 1490. The van der Waals surface area contributed by atoms with Gasteiger partial charge in [0.25, 0.3) is 0 Å². The molecule has 2 heterocycles. The smallest absolute Gasteiger partial charge is 0.340 e. The van der Waals surface area contributed by atoms with Crippen molar-refractivity contribution in [2.75, 3.05) is 34.0 Å². The van der Waals surface area contributed by atoms with Crippen LogP contribution in [0.15, 0.2) is 66.7 Å². The molecule has 1 aliphatic rings. The van der Waals surface area contributed by atoms with Gasteiger partial charge in [-0.25, -0.2) is 4.79 Å². The van der Waals surface area contributed by atoms with Gasteiger partial charge in [0.1, 0.15) is 11.5 Å². The number of hydrogen-bond donors (Lipinski definition) is 0. The van der Waals surface area contributed by atoms with Crippen LogP contribution < -0.4 is 18.9 Å². The average Bonchev–Trinajstić information content (AvgIpc) is 3.31. The minimum atomic E-state index is -0.333. The first kappa shape index (κ1) is 28.1. The lowest BCUT2D eigenvalue weighted by molar-refractivity contribution is 0.0528. The number of rotatable bonds is 12. The third-order valence-electron chi connectivity index (χ3n) is 7.43. The fourth-order valence-corrected chi connectivity index (χ4v) is 5.45. The van der Waals surface area contributed by atoms with Gasteiger partial charge in [0.2, 0.25) is 0 Å². The van der Waals surface area contributed by atoms with Crippen LogP contribution in [0, 0.1) is 6.92 Å². The number of hydrogen-bond acceptors (Lipinski definition) is 6. The van der Waals surface area contributed by atoms with Crippen LogP contribution in [-0.4, -0.2) is 44.6 Å². The zero-order valence-corrected chi connectivity index (χ0v) is 24.2. The summed E-state index contributed by atoms with van der Waals surface area (Å²) < 4.78 is 30.7. The highest BCUT2D eigenvalue weighted by molar-refractivity contribution is 6.05. The van der Waals surface area contributed by atoms with Crippen molar-refractivity contribution >= 4 is 5.97 Å². The van der Waals surface area contributed by atoms with Gasteiger partial charge in [-0.15, -0.1) is 0 Å². The van der Waals surface area contributed by atoms with Crippen LogP contribution >= 0.6 is 0 Å². The monoisotopic (exact) mass is 555 g/mol. The third kappa shape index (κ3) is 5.89. The summed E-state index contributed by atoms with van der Waals surface area (Å²) in [6, 6.07) is 21.8. The molecule has 0 fully saturated rings. The maximum atomic E-state index is 13.5. The Kier molecular flexibility index (Phi) is 8.82. The van der Waals surface area contributed by atoms with Gasteiger partial charge in [-0.2, -0.15) is 0 Å². The van der Waals surface area contributed by atoms with E-state index in [-0.39, 0.29) is 5.97 Å². The van der Waals surface area contributed by atoms with Gasteiger partial charge >= 0.3 is 5.97 Å². The molecule has 0 saturated heterocycles. The van der Waals surface area contributed by atoms with E-state index in [1.54, 1.807) is 14.2 Å². The maximum Gasteiger partial charge on any atom is 0.340 e. The summed E-state index contributed by atoms with van der Waals surface area (Å²) in [4.78, 5) is 13.5. The summed E-state index contributed by atoms with van der Waals surface area (Å²) in [6.45, 7) is 6.20. The number of esters is 1. The highest BCUT2D eigenvalue weighted by Gasteiger charge is 2.32. The molecule has 3 aromatic carbocycles. The number of methoxy groups -OCH3 is 2. The number of benzene rings is 3. The number of ether oxygens (including phenoxy) is 5. The number of nitrogens with zero attached hydrogens (tertiary/aromatic N) is 1. The summed E-state index contributed by atoms with van der Waals surface area (Å²) in [5, 5.41) is 0. The second-order valence-corrected chi connectivity index (χ2v) is 9.91. The molecule has 1 aliphatic heterocycles. The second-order valence-electron chi connectivity index (χ2n) is 9.91. The minimum absolute atomic E-state index is 0.296. The van der Waals surface area contributed by atoms with E-state index in [9.17, 15) is 4.79 Å². The Morgan fingerprint density at radius 1 is 0.854 bits per heavy atom. The standard InChI is InChI=1S/C34H37NO6/c1-5-39-34(36)32-31(23(2)35-18-17-25-21-29(37-3)30(38-4)22-28(25)33(32)35)24-13-15-27(16-14-24)41-20-10-9-19-40-26-11-7-6-8-12-26/h6-8,11-16,21-22H,5,9-10,17-20H2,1-4H3. The number of carbonyl (C=O) groups excluding carboxylic acids is 1. The highest BCUT2D eigenvalue weighted by atomic mass is 16.5. The highest BCUT2D eigenvalue weighted by Crippen LogP contribution is 2.45. The molecule has 1 aromatic heterocycles. The SMILES string of the molecule is CCOC(=O)c1c(-c2ccc(OCCCCOc3ccccc3)cc2)c(C)n2c1-c1cc(OC)c(OC)cc1CC2. The van der Waals surface area contributed by atoms with Crippen molar-refractivity contribution in [3.63, 3.8) is 0 Å². The topological polar surface area (TPSA) is 68.2 Å². The van der Waals surface area contributed by atoms with Crippen molar-refractivity contribution < 1.29 is 28.5 Å². The first-order valence-electron chi connectivity index (χ1n) is 14.1. The molecule has 0 atom stereocenters. The molecule has 5 rings (SSSR count). The Hall–Kier alpha value is -4.39. The van der Waals surface area contributed by atoms with Crippen molar-refractivity contribution in [1.82, 2.24) is 4.57 Å². The van der Waals surface area contributed by atoms with Crippen molar-refractivity contribution in [3.05, 3.63) is 83.6 Å². The van der Waals surface area contributed by atoms with E-state index in [0.717, 1.165) is 70.9 Å². The lowest BCUT2D eigenvalue weighted by Crippen LogP contribution is -2.15. The Morgan fingerprint density at radius 2 is 1.49 bits per heavy atom. The van der Waals surface area contributed by atoms with Gasteiger partial charge in [0, 0.05) is 23.4 Å². The van der Waals surface area contributed by atoms with Gasteiger partial charge in [0.05, 0.1) is 45.3 Å². The first-order valence-corrected chi connectivity index (χ1v) is 14.1. The molecule has 0 aliphatic carbocycles. The van der Waals surface area contributed by atoms with Crippen LogP contribution in [0.25, 0.3) is 22.4 Å². The second kappa shape index (κ2) is 12.9. The molecule has 0 N–H and O–H groups in total. The van der Waals surface area contributed by atoms with Crippen LogP contribution in [-0.2, 0) is 17.7 Å². The molecule has 4 aromatic rings. The van der Waals surface area contributed by atoms with Crippen molar-refractivity contribution in [3.8, 4) is 45.4 Å². The molecule has 0 unspecified atom stereocenters. The van der Waals surface area contributed by atoms with E-state index in [1.807, 2.05) is 73.7 Å². The zero-order valence-electron chi connectivity index (χ0n) is 24.2. The summed E-state index contributed by atoms with van der Waals surface area (Å²) in [5.74, 6) is 2.65. The van der Waals surface area contributed by atoms with Crippen LogP contribution in [0.3, 0.4) is 0 Å². The number of fused-ring (bicyclic) bond motifs is 3. The van der Waals surface area contributed by atoms with Crippen molar-refractivity contribution in [1.29, 1.82) is 0 Å². The number of carbonyl (C=O) groups is 1. The van der Waals surface area contributed by atoms with Crippen LogP contribution in [0.2, 0.25) is 0 Å². The molecule has 0 amide bonds. The largest absolute Gasteiger partial charge is 0.494 e. The fraction of sp³-hybridized carbons (Fsp3) is 0.324. The lowest BCUT2D eigenvalue weighted by atomic mass is 9.93. The van der Waals surface area contributed by atoms with Gasteiger partial charge in [-0.05, 0) is 80.6 Å². The Balaban J connectivity index is 1.37. The molecule has 214 valence electrons. The fourth-order valence-electron chi connectivity index (χ4n) is 5.45. The van der Waals surface area contributed by atoms with Crippen LogP contribution in [0.5, 0.6) is 23.0 Å². The number of aryl methyl sites for hydroxylation is 1. The quantitative estimate of drug-likeness (QED) is 0.137. The van der Waals surface area contributed by atoms with E-state index in [4.69, 9.17) is 23.7 Å². The molecule has 0 spiro atoms. The zero-order chi connectivity index (χ0) is 28.8. The van der Waals surface area contributed by atoms with Gasteiger partial charge in [-0.3, -0.25) is 0 Å². The lowest BCUT2D eigenvalue weighted by Gasteiger charge is -2.23. The van der Waals surface area contributed by atoms with E-state index < -0.39 is 0 Å². The van der Waals surface area contributed by atoms with Gasteiger partial charge in [0.15, 0.2) is 11.5 Å². The molecule has 7 nitrogen and oxygen atoms in total. The summed E-state index contributed by atoms with van der Waals surface area (Å²) in [5.41, 5.74) is 6.35. The van der Waals surface area contributed by atoms with Gasteiger partial charge < -0.3 is 28.3 Å². The van der Waals surface area contributed by atoms with E-state index in [0.29, 0.717) is 36.9 Å². The molecule has 41 heavy (non-hydrogen) atoms. The molecule has 7 heteroatoms. The first-order chi connectivity index (χ1) is 20.0. The molecule has 0 saturated carbocycles. The van der Waals surface area contributed by atoms with E-state index >= 15 is 0 Å². The average molecular weight is 556 g/mol. The molecular formula is C34H37NO6. The van der Waals surface area contributed by atoms with E-state index in [1.165, 1.54) is 0 Å². The van der Waals surface area contributed by atoms with Crippen molar-refractivity contribution in [2.45, 2.75) is 39.7 Å². The summed E-state index contributed by atoms with van der Waals surface area (Å²) in [6.07, 6.45) is 2.62. The number of para-hydroxylation sites is 1. The summed E-state index contributed by atoms with van der Waals surface area (Å²) in [7, 11) is 3.26. The van der Waals surface area contributed by atoms with Crippen LogP contribution in [0.1, 0.15) is 41.4 Å². The van der Waals surface area contributed by atoms with Crippen molar-refractivity contribution in [2.24, 2.45) is 0 Å². The van der Waals surface area contributed by atoms with E-state index in [2.05, 4.69) is 11.5 Å². The number of unbranched alkanes of at least 4 members (excludes halogenated alkanes) is 1. The third-order valence-corrected chi connectivity index (χ3v) is 7.43. The Morgan fingerprint density at radius 3 is 2.12 bits per heavy atom. The van der Waals surface area contributed by atoms with Crippen LogP contribution in [0.4, 0.5) is 0 Å². The number of aromatic nitrogens is 1. The van der Waals surface area contributed by atoms with Gasteiger partial charge in [-0.1, -0.05) is 30.3 Å². The molecule has 0 radical (unpaired) electrons. The summed E-state index contributed by atoms with van der Waals surface area (Å²) >= 11 is 0. The minimum Gasteiger partial charge on any atom is -0.494 e. The predicted molar refractivity (Wildman–Crippen MR) is 159 cm³/mol. The maximum absolute atomic E-state index is 13.5. The molecular weight excluding hydrogens is 518 g/mol. The Labute approximate surface area is 241 Å².